The van der Waals surface area contributed by atoms with E-state index >= 15 is 0 Å². The molecule has 1 saturated heterocycles. The van der Waals surface area contributed by atoms with Gasteiger partial charge in [0.05, 0.1) is 15.9 Å². The van der Waals surface area contributed by atoms with Gasteiger partial charge in [-0.3, -0.25) is 14.2 Å². The molecule has 1 aliphatic heterocycles. The minimum atomic E-state index is -0.570. The summed E-state index contributed by atoms with van der Waals surface area (Å²) in [7, 11) is 0. The first kappa shape index (κ1) is 26.1. The highest BCUT2D eigenvalue weighted by Gasteiger charge is 2.29. The predicted octanol–water partition coefficient (Wildman–Crippen LogP) is 4.35. The van der Waals surface area contributed by atoms with Crippen LogP contribution in [0.1, 0.15) is 41.0 Å². The van der Waals surface area contributed by atoms with Gasteiger partial charge in [-0.15, -0.1) is 0 Å². The normalized spacial score (nSPS) is 16.1. The first-order valence-corrected chi connectivity index (χ1v) is 12.5. The van der Waals surface area contributed by atoms with Crippen LogP contribution in [0, 0.1) is 5.82 Å². The molecule has 2 N–H and O–H groups in total. The summed E-state index contributed by atoms with van der Waals surface area (Å²) in [5, 5.41) is 6.70. The maximum atomic E-state index is 13.9. The van der Waals surface area contributed by atoms with Crippen LogP contribution in [0.4, 0.5) is 10.1 Å². The Hall–Kier alpha value is -2.97. The van der Waals surface area contributed by atoms with E-state index in [1.165, 1.54) is 22.8 Å². The lowest BCUT2D eigenvalue weighted by Gasteiger charge is -2.39. The molecule has 2 heterocycles. The van der Waals surface area contributed by atoms with E-state index in [1.807, 2.05) is 39.0 Å². The van der Waals surface area contributed by atoms with Gasteiger partial charge in [0.15, 0.2) is 0 Å². The molecule has 0 radical (unpaired) electrons. The Balaban J connectivity index is 1.88. The Bertz CT molecular complexity index is 1360. The van der Waals surface area contributed by atoms with Gasteiger partial charge >= 0.3 is 0 Å². The van der Waals surface area contributed by atoms with Crippen molar-refractivity contribution in [3.8, 4) is 11.4 Å². The SMILES string of the molecule is CC(C)(C)NC(=O)Cn1c(-c2ccc(F)c(Cl)c2)nc2ccc(N3CCCNCC3(C)C)cc2c1=O. The van der Waals surface area contributed by atoms with Gasteiger partial charge in [-0.2, -0.15) is 0 Å². The minimum absolute atomic E-state index is 0.0834. The maximum absolute atomic E-state index is 13.9. The molecule has 36 heavy (non-hydrogen) atoms. The number of carbonyl (C=O) groups is 1. The highest BCUT2D eigenvalue weighted by molar-refractivity contribution is 6.31. The standard InChI is InChI=1S/C27H33ClFN5O2/c1-26(2,3)32-23(35)15-33-24(17-7-9-21(29)20(28)13-17)31-22-10-8-18(14-19(22)25(33)36)34-12-6-11-30-16-27(34,4)5/h7-10,13-14,30H,6,11-12,15-16H2,1-5H3,(H,32,35). The van der Waals surface area contributed by atoms with Crippen molar-refractivity contribution in [3.05, 3.63) is 57.6 Å². The first-order valence-electron chi connectivity index (χ1n) is 12.2. The molecule has 0 bridgehead atoms. The Labute approximate surface area is 215 Å². The van der Waals surface area contributed by atoms with Crippen molar-refractivity contribution in [3.63, 3.8) is 0 Å². The molecule has 1 fully saturated rings. The minimum Gasteiger partial charge on any atom is -0.365 e. The average Bonchev–Trinajstić information content (AvgIpc) is 2.96. The fourth-order valence-electron chi connectivity index (χ4n) is 4.61. The second kappa shape index (κ2) is 9.82. The molecular formula is C27H33ClFN5O2. The van der Waals surface area contributed by atoms with Crippen LogP contribution in [0.2, 0.25) is 5.02 Å². The fourth-order valence-corrected chi connectivity index (χ4v) is 4.79. The summed E-state index contributed by atoms with van der Waals surface area (Å²) in [6, 6.07) is 9.82. The molecule has 0 unspecified atom stereocenters. The number of halogens is 2. The molecule has 7 nitrogen and oxygen atoms in total. The smallest absolute Gasteiger partial charge is 0.262 e. The highest BCUT2D eigenvalue weighted by atomic mass is 35.5. The molecule has 1 amide bonds. The van der Waals surface area contributed by atoms with Crippen molar-refractivity contribution in [2.24, 2.45) is 0 Å². The average molecular weight is 514 g/mol. The molecule has 4 rings (SSSR count). The summed E-state index contributed by atoms with van der Waals surface area (Å²) >= 11 is 6.03. The summed E-state index contributed by atoms with van der Waals surface area (Å²) in [5.41, 5.74) is 0.924. The lowest BCUT2D eigenvalue weighted by molar-refractivity contribution is -0.123. The molecule has 3 aromatic rings. The molecule has 0 aliphatic carbocycles. The zero-order chi connectivity index (χ0) is 26.3. The van der Waals surface area contributed by atoms with E-state index in [-0.39, 0.29) is 34.4 Å². The number of carbonyl (C=O) groups excluding carboxylic acids is 1. The van der Waals surface area contributed by atoms with Crippen LogP contribution in [0.5, 0.6) is 0 Å². The van der Waals surface area contributed by atoms with Crippen molar-refractivity contribution in [1.29, 1.82) is 0 Å². The quantitative estimate of drug-likeness (QED) is 0.542. The largest absolute Gasteiger partial charge is 0.365 e. The number of benzene rings is 2. The van der Waals surface area contributed by atoms with Crippen LogP contribution in [-0.2, 0) is 11.3 Å². The van der Waals surface area contributed by atoms with E-state index in [4.69, 9.17) is 16.6 Å². The van der Waals surface area contributed by atoms with Gasteiger partial charge in [-0.25, -0.2) is 9.37 Å². The summed E-state index contributed by atoms with van der Waals surface area (Å²) in [4.78, 5) is 33.7. The molecule has 9 heteroatoms. The van der Waals surface area contributed by atoms with Crippen molar-refractivity contribution in [2.45, 2.75) is 58.7 Å². The second-order valence-electron chi connectivity index (χ2n) is 10.9. The van der Waals surface area contributed by atoms with Gasteiger partial charge < -0.3 is 15.5 Å². The van der Waals surface area contributed by atoms with Crippen molar-refractivity contribution >= 4 is 34.1 Å². The lowest BCUT2D eigenvalue weighted by atomic mass is 10.0. The Morgan fingerprint density at radius 2 is 1.97 bits per heavy atom. The molecule has 192 valence electrons. The predicted molar refractivity (Wildman–Crippen MR) is 143 cm³/mol. The van der Waals surface area contributed by atoms with Crippen LogP contribution in [-0.4, -0.2) is 46.2 Å². The summed E-state index contributed by atoms with van der Waals surface area (Å²) in [5.74, 6) is -0.638. The second-order valence-corrected chi connectivity index (χ2v) is 11.4. The van der Waals surface area contributed by atoms with Crippen molar-refractivity contribution in [1.82, 2.24) is 20.2 Å². The number of amides is 1. The van der Waals surface area contributed by atoms with Crippen LogP contribution >= 0.6 is 11.6 Å². The van der Waals surface area contributed by atoms with Gasteiger partial charge in [-0.05, 0) is 84.0 Å². The molecule has 0 atom stereocenters. The third-order valence-corrected chi connectivity index (χ3v) is 6.56. The summed E-state index contributed by atoms with van der Waals surface area (Å²) in [6.07, 6.45) is 0.987. The van der Waals surface area contributed by atoms with Crippen LogP contribution in [0.25, 0.3) is 22.3 Å². The topological polar surface area (TPSA) is 79.3 Å². The number of nitrogens with one attached hydrogen (secondary N) is 2. The molecule has 0 spiro atoms. The zero-order valence-electron chi connectivity index (χ0n) is 21.4. The van der Waals surface area contributed by atoms with E-state index in [2.05, 4.69) is 29.4 Å². The monoisotopic (exact) mass is 513 g/mol. The molecule has 2 aromatic carbocycles. The maximum Gasteiger partial charge on any atom is 0.262 e. The number of hydrogen-bond donors (Lipinski definition) is 2. The highest BCUT2D eigenvalue weighted by Crippen LogP contribution is 2.29. The molecule has 0 saturated carbocycles. The van der Waals surface area contributed by atoms with Crippen LogP contribution in [0.15, 0.2) is 41.2 Å². The zero-order valence-corrected chi connectivity index (χ0v) is 22.2. The van der Waals surface area contributed by atoms with Crippen LogP contribution < -0.4 is 21.1 Å². The van der Waals surface area contributed by atoms with E-state index in [9.17, 15) is 14.0 Å². The first-order chi connectivity index (χ1) is 16.9. The summed E-state index contributed by atoms with van der Waals surface area (Å²) in [6.45, 7) is 12.3. The Morgan fingerprint density at radius 3 is 2.67 bits per heavy atom. The summed E-state index contributed by atoms with van der Waals surface area (Å²) < 4.78 is 15.2. The number of hydrogen-bond acceptors (Lipinski definition) is 5. The number of rotatable bonds is 4. The van der Waals surface area contributed by atoms with E-state index in [0.29, 0.717) is 16.5 Å². The van der Waals surface area contributed by atoms with Gasteiger partial charge in [0.1, 0.15) is 18.2 Å². The molecule has 1 aliphatic rings. The van der Waals surface area contributed by atoms with Crippen LogP contribution in [0.3, 0.4) is 0 Å². The fraction of sp³-hybridized carbons (Fsp3) is 0.444. The molecule has 1 aromatic heterocycles. The van der Waals surface area contributed by atoms with E-state index < -0.39 is 11.4 Å². The van der Waals surface area contributed by atoms with Gasteiger partial charge in [0.25, 0.3) is 5.56 Å². The van der Waals surface area contributed by atoms with Gasteiger partial charge in [0.2, 0.25) is 5.91 Å². The Kier molecular flexibility index (Phi) is 7.12. The Morgan fingerprint density at radius 1 is 1.22 bits per heavy atom. The van der Waals surface area contributed by atoms with E-state index in [0.717, 1.165) is 31.7 Å². The van der Waals surface area contributed by atoms with Crippen molar-refractivity contribution in [2.75, 3.05) is 24.5 Å². The third kappa shape index (κ3) is 5.55. The number of nitrogens with zero attached hydrogens (tertiary/aromatic N) is 3. The number of fused-ring (bicyclic) bond motifs is 1. The lowest BCUT2D eigenvalue weighted by Crippen LogP contribution is -2.48. The van der Waals surface area contributed by atoms with Gasteiger partial charge in [0, 0.05) is 35.4 Å². The van der Waals surface area contributed by atoms with Gasteiger partial charge in [-0.1, -0.05) is 11.6 Å². The molecular weight excluding hydrogens is 481 g/mol. The number of aromatic nitrogens is 2. The van der Waals surface area contributed by atoms with Crippen molar-refractivity contribution < 1.29 is 9.18 Å². The number of anilines is 1. The van der Waals surface area contributed by atoms with E-state index in [1.54, 1.807) is 0 Å². The third-order valence-electron chi connectivity index (χ3n) is 6.27.